The monoisotopic (exact) mass is 223 g/mol. The minimum atomic E-state index is -0.713. The zero-order valence-corrected chi connectivity index (χ0v) is 9.35. The molecular formula is C13H18FNO. The maximum Gasteiger partial charge on any atom is 0.116 e. The molecule has 2 rings (SSSR count). The van der Waals surface area contributed by atoms with Crippen molar-refractivity contribution >= 4 is 0 Å². The molecule has 1 aliphatic carbocycles. The number of benzene rings is 1. The first-order chi connectivity index (χ1) is 7.81. The van der Waals surface area contributed by atoms with E-state index in [-0.39, 0.29) is 12.6 Å². The summed E-state index contributed by atoms with van der Waals surface area (Å²) >= 11 is 0. The molecule has 2 unspecified atom stereocenters. The van der Waals surface area contributed by atoms with Gasteiger partial charge in [-0.1, -0.05) is 30.3 Å². The summed E-state index contributed by atoms with van der Waals surface area (Å²) in [6, 6.07) is 10.0. The van der Waals surface area contributed by atoms with Crippen molar-refractivity contribution in [3.8, 4) is 0 Å². The first-order valence-corrected chi connectivity index (χ1v) is 5.84. The van der Waals surface area contributed by atoms with Crippen molar-refractivity contribution in [2.75, 3.05) is 13.2 Å². The second-order valence-corrected chi connectivity index (χ2v) is 4.34. The van der Waals surface area contributed by atoms with Crippen LogP contribution in [0.5, 0.6) is 0 Å². The molecule has 1 saturated carbocycles. The number of nitrogens with zero attached hydrogens (tertiary/aromatic N) is 1. The van der Waals surface area contributed by atoms with Gasteiger partial charge in [0.1, 0.15) is 6.17 Å². The third-order valence-electron chi connectivity index (χ3n) is 3.24. The average molecular weight is 223 g/mol. The SMILES string of the molecule is OCCN(Cc1ccccc1)C1CCC1F. The Hall–Kier alpha value is -0.930. The summed E-state index contributed by atoms with van der Waals surface area (Å²) in [6.07, 6.45) is 0.866. The molecule has 0 aromatic heterocycles. The molecule has 1 aromatic rings. The lowest BCUT2D eigenvalue weighted by Gasteiger charge is -2.40. The van der Waals surface area contributed by atoms with Crippen LogP contribution >= 0.6 is 0 Å². The predicted octanol–water partition coefficient (Wildman–Crippen LogP) is 1.98. The van der Waals surface area contributed by atoms with E-state index in [1.807, 2.05) is 35.2 Å². The highest BCUT2D eigenvalue weighted by Crippen LogP contribution is 2.29. The summed E-state index contributed by atoms with van der Waals surface area (Å²) in [5.41, 5.74) is 1.18. The summed E-state index contributed by atoms with van der Waals surface area (Å²) in [5, 5.41) is 9.01. The Morgan fingerprint density at radius 3 is 2.50 bits per heavy atom. The lowest BCUT2D eigenvalue weighted by Crippen LogP contribution is -2.49. The Kier molecular flexibility index (Phi) is 3.91. The summed E-state index contributed by atoms with van der Waals surface area (Å²) in [7, 11) is 0. The molecule has 0 saturated heterocycles. The molecule has 0 heterocycles. The fourth-order valence-electron chi connectivity index (χ4n) is 2.16. The van der Waals surface area contributed by atoms with Gasteiger partial charge in [0, 0.05) is 19.1 Å². The van der Waals surface area contributed by atoms with Crippen molar-refractivity contribution in [2.24, 2.45) is 0 Å². The molecule has 3 heteroatoms. The van der Waals surface area contributed by atoms with Gasteiger partial charge in [-0.25, -0.2) is 4.39 Å². The Labute approximate surface area is 95.7 Å². The van der Waals surface area contributed by atoms with Gasteiger partial charge < -0.3 is 5.11 Å². The maximum absolute atomic E-state index is 13.3. The molecule has 1 aromatic carbocycles. The molecule has 0 radical (unpaired) electrons. The molecule has 0 spiro atoms. The third kappa shape index (κ3) is 2.60. The number of halogens is 1. The third-order valence-corrected chi connectivity index (χ3v) is 3.24. The van der Waals surface area contributed by atoms with Crippen LogP contribution < -0.4 is 0 Å². The molecule has 2 atom stereocenters. The molecule has 0 aliphatic heterocycles. The number of hydrogen-bond donors (Lipinski definition) is 1. The van der Waals surface area contributed by atoms with Gasteiger partial charge in [-0.15, -0.1) is 0 Å². The highest BCUT2D eigenvalue weighted by molar-refractivity contribution is 5.14. The summed E-state index contributed by atoms with van der Waals surface area (Å²) in [4.78, 5) is 2.05. The molecule has 16 heavy (non-hydrogen) atoms. The van der Waals surface area contributed by atoms with Crippen molar-refractivity contribution in [1.29, 1.82) is 0 Å². The van der Waals surface area contributed by atoms with Gasteiger partial charge in [0.05, 0.1) is 6.61 Å². The van der Waals surface area contributed by atoms with E-state index < -0.39 is 6.17 Å². The van der Waals surface area contributed by atoms with E-state index in [1.165, 1.54) is 5.56 Å². The minimum absolute atomic E-state index is 0.00681. The molecular weight excluding hydrogens is 205 g/mol. The number of aliphatic hydroxyl groups is 1. The fraction of sp³-hybridized carbons (Fsp3) is 0.538. The van der Waals surface area contributed by atoms with Crippen LogP contribution in [0.2, 0.25) is 0 Å². The Balaban J connectivity index is 1.97. The predicted molar refractivity (Wildman–Crippen MR) is 61.9 cm³/mol. The van der Waals surface area contributed by atoms with Crippen LogP contribution in [0.15, 0.2) is 30.3 Å². The van der Waals surface area contributed by atoms with Gasteiger partial charge in [-0.3, -0.25) is 4.90 Å². The van der Waals surface area contributed by atoms with Crippen LogP contribution in [0.25, 0.3) is 0 Å². The Morgan fingerprint density at radius 1 is 1.25 bits per heavy atom. The van der Waals surface area contributed by atoms with Crippen LogP contribution in [0, 0.1) is 0 Å². The molecule has 1 aliphatic rings. The van der Waals surface area contributed by atoms with Crippen molar-refractivity contribution in [3.63, 3.8) is 0 Å². The molecule has 0 amide bonds. The highest BCUT2D eigenvalue weighted by Gasteiger charge is 2.35. The standard InChI is InChI=1S/C13H18FNO/c14-12-6-7-13(12)15(8-9-16)10-11-4-2-1-3-5-11/h1-5,12-13,16H,6-10H2. The summed E-state index contributed by atoms with van der Waals surface area (Å²) in [5.74, 6) is 0. The van der Waals surface area contributed by atoms with Gasteiger partial charge in [-0.05, 0) is 18.4 Å². The van der Waals surface area contributed by atoms with Gasteiger partial charge in [-0.2, -0.15) is 0 Å². The van der Waals surface area contributed by atoms with E-state index in [0.29, 0.717) is 13.0 Å². The van der Waals surface area contributed by atoms with Gasteiger partial charge in [0.25, 0.3) is 0 Å². The summed E-state index contributed by atoms with van der Waals surface area (Å²) < 4.78 is 13.3. The van der Waals surface area contributed by atoms with Crippen LogP contribution in [0.3, 0.4) is 0 Å². The van der Waals surface area contributed by atoms with Crippen LogP contribution in [-0.2, 0) is 6.54 Å². The second-order valence-electron chi connectivity index (χ2n) is 4.34. The molecule has 1 fully saturated rings. The molecule has 88 valence electrons. The molecule has 0 bridgehead atoms. The fourth-order valence-corrected chi connectivity index (χ4v) is 2.16. The van der Waals surface area contributed by atoms with Crippen molar-refractivity contribution in [2.45, 2.75) is 31.6 Å². The molecule has 2 nitrogen and oxygen atoms in total. The first-order valence-electron chi connectivity index (χ1n) is 5.84. The lowest BCUT2D eigenvalue weighted by molar-refractivity contribution is 0.0196. The quantitative estimate of drug-likeness (QED) is 0.825. The lowest BCUT2D eigenvalue weighted by atomic mass is 9.88. The average Bonchev–Trinajstić information content (AvgIpc) is 2.29. The topological polar surface area (TPSA) is 23.5 Å². The van der Waals surface area contributed by atoms with Gasteiger partial charge in [0.2, 0.25) is 0 Å². The van der Waals surface area contributed by atoms with E-state index in [9.17, 15) is 4.39 Å². The summed E-state index contributed by atoms with van der Waals surface area (Å²) in [6.45, 7) is 1.38. The zero-order chi connectivity index (χ0) is 11.4. The van der Waals surface area contributed by atoms with Crippen LogP contribution in [0.1, 0.15) is 18.4 Å². The normalized spacial score (nSPS) is 24.4. The Morgan fingerprint density at radius 2 is 2.00 bits per heavy atom. The van der Waals surface area contributed by atoms with Crippen molar-refractivity contribution in [1.82, 2.24) is 4.90 Å². The van der Waals surface area contributed by atoms with Crippen LogP contribution in [0.4, 0.5) is 4.39 Å². The van der Waals surface area contributed by atoms with E-state index in [1.54, 1.807) is 0 Å². The van der Waals surface area contributed by atoms with Crippen LogP contribution in [-0.4, -0.2) is 35.4 Å². The Bertz CT molecular complexity index is 317. The smallest absolute Gasteiger partial charge is 0.116 e. The minimum Gasteiger partial charge on any atom is -0.395 e. The number of hydrogen-bond acceptors (Lipinski definition) is 2. The number of rotatable bonds is 5. The second kappa shape index (κ2) is 5.41. The van der Waals surface area contributed by atoms with Gasteiger partial charge in [0.15, 0.2) is 0 Å². The number of alkyl halides is 1. The van der Waals surface area contributed by atoms with E-state index in [4.69, 9.17) is 5.11 Å². The largest absolute Gasteiger partial charge is 0.395 e. The van der Waals surface area contributed by atoms with Crippen molar-refractivity contribution < 1.29 is 9.50 Å². The molecule has 1 N–H and O–H groups in total. The van der Waals surface area contributed by atoms with Crippen molar-refractivity contribution in [3.05, 3.63) is 35.9 Å². The number of aliphatic hydroxyl groups excluding tert-OH is 1. The highest BCUT2D eigenvalue weighted by atomic mass is 19.1. The van der Waals surface area contributed by atoms with E-state index >= 15 is 0 Å². The van der Waals surface area contributed by atoms with E-state index in [0.717, 1.165) is 13.0 Å². The zero-order valence-electron chi connectivity index (χ0n) is 9.35. The maximum atomic E-state index is 13.3. The van der Waals surface area contributed by atoms with E-state index in [2.05, 4.69) is 0 Å². The first kappa shape index (κ1) is 11.6. The van der Waals surface area contributed by atoms with Gasteiger partial charge >= 0.3 is 0 Å².